The second-order valence-electron chi connectivity index (χ2n) is 8.11. The Hall–Kier alpha value is -1.26. The quantitative estimate of drug-likeness (QED) is 0.807. The van der Waals surface area contributed by atoms with Crippen molar-refractivity contribution in [3.8, 4) is 0 Å². The summed E-state index contributed by atoms with van der Waals surface area (Å²) in [5.74, 6) is 0.700. The van der Waals surface area contributed by atoms with Crippen LogP contribution in [0.5, 0.6) is 0 Å². The fourth-order valence-electron chi connectivity index (χ4n) is 4.08. The summed E-state index contributed by atoms with van der Waals surface area (Å²) in [5.41, 5.74) is -0.334. The minimum atomic E-state index is -0.542. The maximum Gasteiger partial charge on any atom is 0.408 e. The topological polar surface area (TPSA) is 58.6 Å². The maximum absolute atomic E-state index is 12.7. The average molecular weight is 294 g/mol. The van der Waals surface area contributed by atoms with Crippen molar-refractivity contribution in [1.29, 1.82) is 0 Å². The van der Waals surface area contributed by atoms with Crippen molar-refractivity contribution in [2.45, 2.75) is 71.1 Å². The molecule has 5 heteroatoms. The van der Waals surface area contributed by atoms with Crippen molar-refractivity contribution in [2.24, 2.45) is 11.3 Å². The molecule has 21 heavy (non-hydrogen) atoms. The van der Waals surface area contributed by atoms with Gasteiger partial charge >= 0.3 is 6.09 Å². The van der Waals surface area contributed by atoms with Crippen molar-refractivity contribution in [1.82, 2.24) is 10.2 Å². The number of ether oxygens (including phenoxy) is 1. The van der Waals surface area contributed by atoms with Crippen molar-refractivity contribution in [3.05, 3.63) is 0 Å². The van der Waals surface area contributed by atoms with Gasteiger partial charge in [-0.05, 0) is 57.8 Å². The molecule has 0 bridgehead atoms. The highest BCUT2D eigenvalue weighted by molar-refractivity contribution is 5.87. The predicted molar refractivity (Wildman–Crippen MR) is 78.7 cm³/mol. The number of hydrogen-bond acceptors (Lipinski definition) is 3. The van der Waals surface area contributed by atoms with E-state index in [4.69, 9.17) is 4.74 Å². The van der Waals surface area contributed by atoms with Crippen LogP contribution < -0.4 is 5.32 Å². The minimum Gasteiger partial charge on any atom is -0.444 e. The summed E-state index contributed by atoms with van der Waals surface area (Å²) in [5, 5.41) is 2.81. The van der Waals surface area contributed by atoms with Gasteiger partial charge in [-0.2, -0.15) is 0 Å². The molecule has 3 rings (SSSR count). The molecule has 2 saturated heterocycles. The van der Waals surface area contributed by atoms with E-state index in [1.54, 1.807) is 0 Å². The third-order valence-corrected chi connectivity index (χ3v) is 5.13. The number of carbonyl (C=O) groups is 2. The summed E-state index contributed by atoms with van der Waals surface area (Å²) in [7, 11) is 0. The van der Waals surface area contributed by atoms with Gasteiger partial charge in [0.25, 0.3) is 0 Å². The van der Waals surface area contributed by atoms with Crippen LogP contribution in [-0.4, -0.2) is 41.1 Å². The Bertz CT molecular complexity index is 471. The predicted octanol–water partition coefficient (Wildman–Crippen LogP) is 2.30. The van der Waals surface area contributed by atoms with Gasteiger partial charge in [0, 0.05) is 12.6 Å². The minimum absolute atomic E-state index is 0.0804. The van der Waals surface area contributed by atoms with Crippen LogP contribution in [0.3, 0.4) is 0 Å². The molecule has 0 aromatic heterocycles. The van der Waals surface area contributed by atoms with Gasteiger partial charge in [-0.3, -0.25) is 4.79 Å². The summed E-state index contributed by atoms with van der Waals surface area (Å²) < 4.78 is 5.30. The van der Waals surface area contributed by atoms with E-state index in [0.29, 0.717) is 12.0 Å². The maximum atomic E-state index is 12.7. The molecule has 118 valence electrons. The van der Waals surface area contributed by atoms with Crippen LogP contribution in [0.25, 0.3) is 0 Å². The van der Waals surface area contributed by atoms with Gasteiger partial charge in [-0.25, -0.2) is 4.79 Å². The molecule has 5 nitrogen and oxygen atoms in total. The van der Waals surface area contributed by atoms with Gasteiger partial charge < -0.3 is 15.0 Å². The zero-order valence-electron chi connectivity index (χ0n) is 13.4. The molecule has 3 aliphatic rings. The molecule has 1 N–H and O–H groups in total. The fraction of sp³-hybridized carbons (Fsp3) is 0.875. The van der Waals surface area contributed by atoms with E-state index in [9.17, 15) is 9.59 Å². The second-order valence-corrected chi connectivity index (χ2v) is 8.11. The Balaban J connectivity index is 1.72. The number of carbonyl (C=O) groups excluding carboxylic acids is 2. The van der Waals surface area contributed by atoms with E-state index in [2.05, 4.69) is 12.2 Å². The number of fused-ring (bicyclic) bond motifs is 3. The first-order valence-electron chi connectivity index (χ1n) is 8.00. The highest BCUT2D eigenvalue weighted by Gasteiger charge is 2.60. The second kappa shape index (κ2) is 4.62. The van der Waals surface area contributed by atoms with E-state index < -0.39 is 17.7 Å². The van der Waals surface area contributed by atoms with Crippen molar-refractivity contribution < 1.29 is 14.3 Å². The van der Waals surface area contributed by atoms with Crippen LogP contribution in [0, 0.1) is 11.3 Å². The zero-order chi connectivity index (χ0) is 15.4. The lowest BCUT2D eigenvalue weighted by molar-refractivity contribution is -0.134. The van der Waals surface area contributed by atoms with Crippen LogP contribution in [0.4, 0.5) is 4.79 Å². The van der Waals surface area contributed by atoms with E-state index in [1.165, 1.54) is 6.42 Å². The molecule has 0 radical (unpaired) electrons. The van der Waals surface area contributed by atoms with Gasteiger partial charge in [-0.1, -0.05) is 6.92 Å². The summed E-state index contributed by atoms with van der Waals surface area (Å²) in [6.45, 7) is 8.57. The largest absolute Gasteiger partial charge is 0.444 e. The third kappa shape index (κ3) is 2.74. The van der Waals surface area contributed by atoms with E-state index >= 15 is 0 Å². The number of hydrogen-bond donors (Lipinski definition) is 1. The number of amides is 2. The molecule has 0 aromatic carbocycles. The normalized spacial score (nSPS) is 38.4. The molecule has 2 aliphatic heterocycles. The molecule has 1 aliphatic carbocycles. The van der Waals surface area contributed by atoms with Gasteiger partial charge in [0.2, 0.25) is 5.91 Å². The SMILES string of the molecule is CC(C)(C)OC(=O)N[C@H]1C[C@]2(C)C[C@@H]2[C@H]2CCCN2C1=O. The molecule has 0 unspecified atom stereocenters. The van der Waals surface area contributed by atoms with Crippen LogP contribution in [0.2, 0.25) is 0 Å². The molecular formula is C16H26N2O3. The number of nitrogens with zero attached hydrogens (tertiary/aromatic N) is 1. The Labute approximate surface area is 126 Å². The number of nitrogens with one attached hydrogen (secondary N) is 1. The molecular weight excluding hydrogens is 268 g/mol. The molecule has 2 amide bonds. The monoisotopic (exact) mass is 294 g/mol. The Morgan fingerprint density at radius 1 is 1.38 bits per heavy atom. The Morgan fingerprint density at radius 3 is 2.76 bits per heavy atom. The van der Waals surface area contributed by atoms with Crippen LogP contribution in [0.1, 0.15) is 53.4 Å². The highest BCUT2D eigenvalue weighted by Crippen LogP contribution is 2.61. The van der Waals surface area contributed by atoms with E-state index in [0.717, 1.165) is 25.8 Å². The smallest absolute Gasteiger partial charge is 0.408 e. The lowest BCUT2D eigenvalue weighted by Gasteiger charge is -2.28. The lowest BCUT2D eigenvalue weighted by Crippen LogP contribution is -2.50. The van der Waals surface area contributed by atoms with Gasteiger partial charge in [-0.15, -0.1) is 0 Å². The van der Waals surface area contributed by atoms with Crippen LogP contribution >= 0.6 is 0 Å². The van der Waals surface area contributed by atoms with Gasteiger partial charge in [0.15, 0.2) is 0 Å². The first-order valence-corrected chi connectivity index (χ1v) is 8.00. The molecule has 0 aromatic rings. The summed E-state index contributed by atoms with van der Waals surface area (Å²) in [6, 6.07) is -0.0362. The highest BCUT2D eigenvalue weighted by atomic mass is 16.6. The van der Waals surface area contributed by atoms with Gasteiger partial charge in [0.1, 0.15) is 11.6 Å². The molecule has 0 spiro atoms. The number of rotatable bonds is 1. The molecule has 3 fully saturated rings. The average Bonchev–Trinajstić information content (AvgIpc) is 2.82. The third-order valence-electron chi connectivity index (χ3n) is 5.13. The standard InChI is InChI=1S/C16H26N2O3/c1-15(2,3)21-14(20)17-11-9-16(4)8-10(16)12-6-5-7-18(12)13(11)19/h10-12H,5-9H2,1-4H3,(H,17,20)/t10-,11+,12-,16+/m1/s1. The van der Waals surface area contributed by atoms with Crippen LogP contribution in [-0.2, 0) is 9.53 Å². The molecule has 2 heterocycles. The van der Waals surface area contributed by atoms with Crippen molar-refractivity contribution in [3.63, 3.8) is 0 Å². The Kier molecular flexibility index (Phi) is 3.22. The first kappa shape index (κ1) is 14.7. The van der Waals surface area contributed by atoms with Crippen LogP contribution in [0.15, 0.2) is 0 Å². The van der Waals surface area contributed by atoms with Crippen molar-refractivity contribution >= 4 is 12.0 Å². The lowest BCUT2D eigenvalue weighted by atomic mass is 9.95. The fourth-order valence-corrected chi connectivity index (χ4v) is 4.08. The first-order chi connectivity index (χ1) is 9.70. The van der Waals surface area contributed by atoms with Gasteiger partial charge in [0.05, 0.1) is 0 Å². The number of alkyl carbamates (subject to hydrolysis) is 1. The summed E-state index contributed by atoms with van der Waals surface area (Å²) >= 11 is 0. The summed E-state index contributed by atoms with van der Waals surface area (Å²) in [4.78, 5) is 26.7. The summed E-state index contributed by atoms with van der Waals surface area (Å²) in [6.07, 6.45) is 3.63. The molecule has 4 atom stereocenters. The Morgan fingerprint density at radius 2 is 2.10 bits per heavy atom. The van der Waals surface area contributed by atoms with E-state index in [1.807, 2.05) is 25.7 Å². The van der Waals surface area contributed by atoms with Crippen molar-refractivity contribution in [2.75, 3.05) is 6.54 Å². The van der Waals surface area contributed by atoms with E-state index in [-0.39, 0.29) is 11.3 Å². The molecule has 1 saturated carbocycles. The zero-order valence-corrected chi connectivity index (χ0v) is 13.4.